The van der Waals surface area contributed by atoms with Crippen LogP contribution in [0.2, 0.25) is 0 Å². The first-order valence-electron chi connectivity index (χ1n) is 4.15. The normalized spacial score (nSPS) is 21.1. The minimum absolute atomic E-state index is 0.547. The molecule has 0 N–H and O–H groups in total. The Balaban J connectivity index is 1.83. The van der Waals surface area contributed by atoms with E-state index < -0.39 is 0 Å². The smallest absolute Gasteiger partial charge is 0.0874 e. The molecule has 0 radical (unpaired) electrons. The highest BCUT2D eigenvalue weighted by atomic mass is 16.6. The van der Waals surface area contributed by atoms with Crippen LogP contribution in [0.5, 0.6) is 0 Å². The predicted molar refractivity (Wildman–Crippen MR) is 44.4 cm³/mol. The van der Waals surface area contributed by atoms with Crippen LogP contribution >= 0.6 is 0 Å². The fourth-order valence-corrected chi connectivity index (χ4v) is 0.855. The second kappa shape index (κ2) is 4.39. The first-order chi connectivity index (χ1) is 5.29. The van der Waals surface area contributed by atoms with Crippen molar-refractivity contribution in [1.82, 2.24) is 0 Å². The summed E-state index contributed by atoms with van der Waals surface area (Å²) in [6.07, 6.45) is 4.61. The third kappa shape index (κ3) is 4.85. The van der Waals surface area contributed by atoms with Crippen molar-refractivity contribution in [3.8, 4) is 0 Å². The van der Waals surface area contributed by atoms with Crippen molar-refractivity contribution in [3.05, 3.63) is 11.8 Å². The van der Waals surface area contributed by atoms with Crippen LogP contribution in [0.3, 0.4) is 0 Å². The van der Waals surface area contributed by atoms with Crippen molar-refractivity contribution in [2.45, 2.75) is 32.8 Å². The lowest BCUT2D eigenvalue weighted by Gasteiger charge is -1.99. The lowest BCUT2D eigenvalue weighted by Crippen LogP contribution is -1.92. The molecule has 1 aliphatic rings. The molecule has 1 atom stereocenters. The predicted octanol–water partition coefficient (Wildman–Crippen LogP) is 2.11. The second-order valence-corrected chi connectivity index (χ2v) is 3.16. The molecule has 1 rings (SSSR count). The molecule has 2 heteroatoms. The van der Waals surface area contributed by atoms with Crippen molar-refractivity contribution in [3.63, 3.8) is 0 Å². The molecule has 2 nitrogen and oxygen atoms in total. The fraction of sp³-hybridized carbons (Fsp3) is 0.778. The molecule has 64 valence electrons. The molecule has 1 unspecified atom stereocenters. The largest absolute Gasteiger partial charge is 0.501 e. The van der Waals surface area contributed by atoms with E-state index in [-0.39, 0.29) is 0 Å². The van der Waals surface area contributed by atoms with Crippen LogP contribution in [0.25, 0.3) is 0 Å². The van der Waals surface area contributed by atoms with Crippen LogP contribution in [-0.2, 0) is 9.47 Å². The van der Waals surface area contributed by atoms with Crippen molar-refractivity contribution in [2.75, 3.05) is 13.2 Å². The summed E-state index contributed by atoms with van der Waals surface area (Å²) in [4.78, 5) is 0. The average molecular weight is 156 g/mol. The SMILES string of the molecule is CC(C)=COCCCC1CO1. The second-order valence-electron chi connectivity index (χ2n) is 3.16. The number of rotatable bonds is 5. The van der Waals surface area contributed by atoms with Gasteiger partial charge in [0.25, 0.3) is 0 Å². The number of hydrogen-bond acceptors (Lipinski definition) is 2. The van der Waals surface area contributed by atoms with Crippen LogP contribution < -0.4 is 0 Å². The molecule has 0 spiro atoms. The van der Waals surface area contributed by atoms with E-state index in [1.807, 2.05) is 20.1 Å². The average Bonchev–Trinajstić information content (AvgIpc) is 2.70. The van der Waals surface area contributed by atoms with Crippen LogP contribution in [-0.4, -0.2) is 19.3 Å². The van der Waals surface area contributed by atoms with Crippen LogP contribution in [0.4, 0.5) is 0 Å². The molecular formula is C9H16O2. The van der Waals surface area contributed by atoms with Gasteiger partial charge < -0.3 is 9.47 Å². The standard InChI is InChI=1S/C9H16O2/c1-8(2)6-10-5-3-4-9-7-11-9/h6,9H,3-5,7H2,1-2H3. The van der Waals surface area contributed by atoms with E-state index >= 15 is 0 Å². The maximum Gasteiger partial charge on any atom is 0.0874 e. The zero-order chi connectivity index (χ0) is 8.10. The Morgan fingerprint density at radius 1 is 1.64 bits per heavy atom. The Morgan fingerprint density at radius 3 is 2.91 bits per heavy atom. The minimum Gasteiger partial charge on any atom is -0.501 e. The van der Waals surface area contributed by atoms with Gasteiger partial charge in [-0.15, -0.1) is 0 Å². The summed E-state index contributed by atoms with van der Waals surface area (Å²) in [5, 5.41) is 0. The molecule has 11 heavy (non-hydrogen) atoms. The van der Waals surface area contributed by atoms with Gasteiger partial charge in [0.2, 0.25) is 0 Å². The van der Waals surface area contributed by atoms with Gasteiger partial charge in [-0.25, -0.2) is 0 Å². The van der Waals surface area contributed by atoms with E-state index in [2.05, 4.69) is 0 Å². The van der Waals surface area contributed by atoms with E-state index in [4.69, 9.17) is 9.47 Å². The summed E-state index contributed by atoms with van der Waals surface area (Å²) in [5.74, 6) is 0. The van der Waals surface area contributed by atoms with E-state index in [9.17, 15) is 0 Å². The molecule has 0 bridgehead atoms. The van der Waals surface area contributed by atoms with Crippen LogP contribution in [0.1, 0.15) is 26.7 Å². The zero-order valence-electron chi connectivity index (χ0n) is 7.30. The molecule has 0 saturated carbocycles. The maximum atomic E-state index is 5.26. The third-order valence-corrected chi connectivity index (χ3v) is 1.51. The van der Waals surface area contributed by atoms with Gasteiger partial charge in [-0.1, -0.05) is 0 Å². The van der Waals surface area contributed by atoms with Crippen molar-refractivity contribution >= 4 is 0 Å². The van der Waals surface area contributed by atoms with Gasteiger partial charge in [0, 0.05) is 0 Å². The summed E-state index contributed by atoms with van der Waals surface area (Å²) in [6.45, 7) is 5.85. The van der Waals surface area contributed by atoms with Gasteiger partial charge in [-0.3, -0.25) is 0 Å². The Kier molecular flexibility index (Phi) is 3.43. The summed E-state index contributed by atoms with van der Waals surface area (Å²) < 4.78 is 10.3. The molecule has 1 fully saturated rings. The van der Waals surface area contributed by atoms with Gasteiger partial charge in [0.1, 0.15) is 0 Å². The fourth-order valence-electron chi connectivity index (χ4n) is 0.855. The molecule has 0 aliphatic carbocycles. The lowest BCUT2D eigenvalue weighted by molar-refractivity contribution is 0.233. The number of epoxide rings is 1. The van der Waals surface area contributed by atoms with Crippen molar-refractivity contribution < 1.29 is 9.47 Å². The molecule has 0 aromatic rings. The van der Waals surface area contributed by atoms with Crippen LogP contribution in [0, 0.1) is 0 Å². The molecule has 1 heterocycles. The summed E-state index contributed by atoms with van der Waals surface area (Å²) >= 11 is 0. The Hall–Kier alpha value is -0.500. The van der Waals surface area contributed by atoms with Gasteiger partial charge >= 0.3 is 0 Å². The molecule has 0 aromatic carbocycles. The molecular weight excluding hydrogens is 140 g/mol. The Morgan fingerprint density at radius 2 is 2.36 bits per heavy atom. The maximum absolute atomic E-state index is 5.26. The van der Waals surface area contributed by atoms with E-state index in [1.54, 1.807) is 0 Å². The van der Waals surface area contributed by atoms with Gasteiger partial charge in [0.15, 0.2) is 0 Å². The van der Waals surface area contributed by atoms with Crippen LogP contribution in [0.15, 0.2) is 11.8 Å². The van der Waals surface area contributed by atoms with Gasteiger partial charge in [-0.2, -0.15) is 0 Å². The first-order valence-corrected chi connectivity index (χ1v) is 4.15. The summed E-state index contributed by atoms with van der Waals surface area (Å²) in [5.41, 5.74) is 1.22. The van der Waals surface area contributed by atoms with Gasteiger partial charge in [0.05, 0.1) is 25.6 Å². The summed E-state index contributed by atoms with van der Waals surface area (Å²) in [6, 6.07) is 0. The monoisotopic (exact) mass is 156 g/mol. The van der Waals surface area contributed by atoms with Crippen molar-refractivity contribution in [1.29, 1.82) is 0 Å². The minimum atomic E-state index is 0.547. The number of allylic oxidation sites excluding steroid dienone is 1. The highest BCUT2D eigenvalue weighted by molar-refractivity contribution is 4.86. The lowest BCUT2D eigenvalue weighted by atomic mass is 10.3. The topological polar surface area (TPSA) is 21.8 Å². The molecule has 1 aliphatic heterocycles. The number of ether oxygens (including phenoxy) is 2. The first kappa shape index (κ1) is 8.60. The molecule has 1 saturated heterocycles. The zero-order valence-corrected chi connectivity index (χ0v) is 7.30. The molecule has 0 aromatic heterocycles. The highest BCUT2D eigenvalue weighted by Crippen LogP contribution is 2.14. The Bertz CT molecular complexity index is 132. The van der Waals surface area contributed by atoms with Gasteiger partial charge in [-0.05, 0) is 32.3 Å². The van der Waals surface area contributed by atoms with E-state index in [0.29, 0.717) is 6.10 Å². The summed E-state index contributed by atoms with van der Waals surface area (Å²) in [7, 11) is 0. The Labute approximate surface area is 68.2 Å². The molecule has 0 amide bonds. The quantitative estimate of drug-likeness (QED) is 0.345. The van der Waals surface area contributed by atoms with E-state index in [1.165, 1.54) is 5.57 Å². The van der Waals surface area contributed by atoms with Crippen molar-refractivity contribution in [2.24, 2.45) is 0 Å². The highest BCUT2D eigenvalue weighted by Gasteiger charge is 2.20. The van der Waals surface area contributed by atoms with E-state index in [0.717, 1.165) is 26.1 Å². The number of hydrogen-bond donors (Lipinski definition) is 0. The third-order valence-electron chi connectivity index (χ3n) is 1.51.